The van der Waals surface area contributed by atoms with Crippen LogP contribution in [0.15, 0.2) is 4.52 Å². The van der Waals surface area contributed by atoms with Crippen LogP contribution in [0, 0.1) is 5.41 Å². The van der Waals surface area contributed by atoms with Crippen LogP contribution in [0.2, 0.25) is 0 Å². The second-order valence-electron chi connectivity index (χ2n) is 6.98. The summed E-state index contributed by atoms with van der Waals surface area (Å²) in [5.74, 6) is 2.90. The molecule has 0 saturated carbocycles. The molecule has 2 unspecified atom stereocenters. The summed E-state index contributed by atoms with van der Waals surface area (Å²) in [5.41, 5.74) is 0.184. The highest BCUT2D eigenvalue weighted by atomic mass is 32.2. The summed E-state index contributed by atoms with van der Waals surface area (Å²) in [5, 5.41) is 8.27. The molecule has 1 fully saturated rings. The van der Waals surface area contributed by atoms with E-state index in [1.807, 2.05) is 11.8 Å². The topological polar surface area (TPSA) is 51.0 Å². The summed E-state index contributed by atoms with van der Waals surface area (Å²) in [6, 6.07) is 0.366. The lowest BCUT2D eigenvalue weighted by Gasteiger charge is -2.30. The molecule has 0 aliphatic carbocycles. The van der Waals surface area contributed by atoms with E-state index < -0.39 is 0 Å². The Morgan fingerprint density at radius 1 is 1.38 bits per heavy atom. The van der Waals surface area contributed by atoms with Crippen LogP contribution >= 0.6 is 11.8 Å². The Bertz CT molecular complexity index is 421. The number of nitrogens with zero attached hydrogens (tertiary/aromatic N) is 2. The maximum absolute atomic E-state index is 5.51. The van der Waals surface area contributed by atoms with Crippen LogP contribution in [-0.4, -0.2) is 28.5 Å². The van der Waals surface area contributed by atoms with E-state index in [-0.39, 0.29) is 5.41 Å². The van der Waals surface area contributed by atoms with Crippen LogP contribution in [0.4, 0.5) is 0 Å². The summed E-state index contributed by atoms with van der Waals surface area (Å²) in [7, 11) is 0. The van der Waals surface area contributed by atoms with Gasteiger partial charge in [0, 0.05) is 12.5 Å². The van der Waals surface area contributed by atoms with E-state index in [9.17, 15) is 0 Å². The third kappa shape index (κ3) is 4.99. The molecule has 1 aromatic heterocycles. The maximum atomic E-state index is 5.51. The van der Waals surface area contributed by atoms with Gasteiger partial charge in [-0.1, -0.05) is 39.3 Å². The second-order valence-corrected chi connectivity index (χ2v) is 8.29. The fourth-order valence-corrected chi connectivity index (χ4v) is 3.84. The number of thioether (sulfide) groups is 1. The Morgan fingerprint density at radius 3 is 2.81 bits per heavy atom. The zero-order valence-corrected chi connectivity index (χ0v) is 14.6. The first-order valence-corrected chi connectivity index (χ1v) is 9.23. The Kier molecular flexibility index (Phi) is 6.11. The lowest BCUT2D eigenvalue weighted by Crippen LogP contribution is -2.42. The van der Waals surface area contributed by atoms with Gasteiger partial charge in [0.15, 0.2) is 5.82 Å². The van der Waals surface area contributed by atoms with Gasteiger partial charge >= 0.3 is 0 Å². The molecule has 2 heterocycles. The second kappa shape index (κ2) is 7.63. The Morgan fingerprint density at radius 2 is 2.19 bits per heavy atom. The van der Waals surface area contributed by atoms with E-state index in [1.54, 1.807) is 0 Å². The summed E-state index contributed by atoms with van der Waals surface area (Å²) in [6.45, 7) is 10.00. The zero-order valence-electron chi connectivity index (χ0n) is 13.8. The largest absolute Gasteiger partial charge is 0.339 e. The van der Waals surface area contributed by atoms with E-state index in [0.29, 0.717) is 11.3 Å². The number of aromatic nitrogens is 2. The van der Waals surface area contributed by atoms with Gasteiger partial charge in [-0.2, -0.15) is 16.7 Å². The molecule has 2 rings (SSSR count). The first-order chi connectivity index (χ1) is 10.0. The minimum Gasteiger partial charge on any atom is -0.339 e. The summed E-state index contributed by atoms with van der Waals surface area (Å²) < 4.78 is 5.51. The van der Waals surface area contributed by atoms with Crippen LogP contribution in [-0.2, 0) is 6.42 Å². The normalized spacial score (nSPS) is 21.4. The standard InChI is InChI=1S/C16H29N3OS/c1-5-9-17-13(16(2,3)4)11-14-18-15(19-20-14)12-8-6-7-10-21-12/h12-13,17H,5-11H2,1-4H3. The average Bonchev–Trinajstić information content (AvgIpc) is 2.92. The SMILES string of the molecule is CCCNC(Cc1nc(C2CCCCS2)no1)C(C)(C)C. The summed E-state index contributed by atoms with van der Waals surface area (Å²) in [6.07, 6.45) is 5.73. The highest BCUT2D eigenvalue weighted by molar-refractivity contribution is 7.99. The highest BCUT2D eigenvalue weighted by Gasteiger charge is 2.27. The van der Waals surface area contributed by atoms with Gasteiger partial charge in [0.05, 0.1) is 5.25 Å². The molecule has 1 N–H and O–H groups in total. The minimum absolute atomic E-state index is 0.184. The minimum atomic E-state index is 0.184. The van der Waals surface area contributed by atoms with Crippen LogP contribution in [0.5, 0.6) is 0 Å². The van der Waals surface area contributed by atoms with Crippen molar-refractivity contribution < 1.29 is 4.52 Å². The van der Waals surface area contributed by atoms with Crippen LogP contribution in [0.25, 0.3) is 0 Å². The van der Waals surface area contributed by atoms with E-state index in [0.717, 1.165) is 31.1 Å². The molecule has 4 nitrogen and oxygen atoms in total. The first kappa shape index (κ1) is 16.8. The van der Waals surface area contributed by atoms with Crippen molar-refractivity contribution in [3.8, 4) is 0 Å². The fraction of sp³-hybridized carbons (Fsp3) is 0.875. The molecule has 0 amide bonds. The predicted octanol–water partition coefficient (Wildman–Crippen LogP) is 3.98. The van der Waals surface area contributed by atoms with Crippen molar-refractivity contribution in [2.45, 2.75) is 71.1 Å². The van der Waals surface area contributed by atoms with Crippen molar-refractivity contribution in [1.82, 2.24) is 15.5 Å². The van der Waals surface area contributed by atoms with Crippen molar-refractivity contribution in [3.63, 3.8) is 0 Å². The number of rotatable bonds is 6. The molecule has 0 spiro atoms. The molecule has 5 heteroatoms. The average molecular weight is 311 g/mol. The van der Waals surface area contributed by atoms with E-state index in [1.165, 1.54) is 25.0 Å². The van der Waals surface area contributed by atoms with E-state index in [2.05, 4.69) is 43.2 Å². The molecule has 1 aliphatic rings. The lowest BCUT2D eigenvalue weighted by molar-refractivity contribution is 0.244. The van der Waals surface area contributed by atoms with Crippen molar-refractivity contribution in [3.05, 3.63) is 11.7 Å². The van der Waals surface area contributed by atoms with Gasteiger partial charge in [0.2, 0.25) is 5.89 Å². The molecule has 0 bridgehead atoms. The van der Waals surface area contributed by atoms with Crippen molar-refractivity contribution >= 4 is 11.8 Å². The maximum Gasteiger partial charge on any atom is 0.228 e. The van der Waals surface area contributed by atoms with Gasteiger partial charge in [-0.3, -0.25) is 0 Å². The van der Waals surface area contributed by atoms with E-state index >= 15 is 0 Å². The molecule has 2 atom stereocenters. The van der Waals surface area contributed by atoms with Crippen LogP contribution in [0.3, 0.4) is 0 Å². The lowest BCUT2D eigenvalue weighted by atomic mass is 9.84. The molecule has 1 aliphatic heterocycles. The van der Waals surface area contributed by atoms with Crippen LogP contribution in [0.1, 0.15) is 70.3 Å². The quantitative estimate of drug-likeness (QED) is 0.861. The Hall–Kier alpha value is -0.550. The fourth-order valence-electron chi connectivity index (χ4n) is 2.60. The Balaban J connectivity index is 1.98. The van der Waals surface area contributed by atoms with Crippen molar-refractivity contribution in [2.75, 3.05) is 12.3 Å². The third-order valence-corrected chi connectivity index (χ3v) is 5.39. The summed E-state index contributed by atoms with van der Waals surface area (Å²) in [4.78, 5) is 4.66. The molecule has 0 radical (unpaired) electrons. The zero-order chi connectivity index (χ0) is 15.3. The van der Waals surface area contributed by atoms with Gasteiger partial charge in [-0.05, 0) is 37.0 Å². The highest BCUT2D eigenvalue weighted by Crippen LogP contribution is 2.36. The molecule has 1 aromatic rings. The first-order valence-electron chi connectivity index (χ1n) is 8.18. The van der Waals surface area contributed by atoms with Gasteiger partial charge < -0.3 is 9.84 Å². The molecule has 120 valence electrons. The number of hydrogen-bond donors (Lipinski definition) is 1. The monoisotopic (exact) mass is 311 g/mol. The van der Waals surface area contributed by atoms with Crippen LogP contribution < -0.4 is 5.32 Å². The van der Waals surface area contributed by atoms with Gasteiger partial charge in [0.1, 0.15) is 0 Å². The third-order valence-electron chi connectivity index (χ3n) is 4.02. The van der Waals surface area contributed by atoms with Crippen molar-refractivity contribution in [1.29, 1.82) is 0 Å². The van der Waals surface area contributed by atoms with Crippen molar-refractivity contribution in [2.24, 2.45) is 5.41 Å². The number of hydrogen-bond acceptors (Lipinski definition) is 5. The predicted molar refractivity (Wildman–Crippen MR) is 88.6 cm³/mol. The van der Waals surface area contributed by atoms with Gasteiger partial charge in [-0.15, -0.1) is 0 Å². The Labute approximate surface area is 132 Å². The molecule has 21 heavy (non-hydrogen) atoms. The number of nitrogens with one attached hydrogen (secondary N) is 1. The smallest absolute Gasteiger partial charge is 0.228 e. The van der Waals surface area contributed by atoms with E-state index in [4.69, 9.17) is 4.52 Å². The molecule has 1 saturated heterocycles. The molecule has 0 aromatic carbocycles. The summed E-state index contributed by atoms with van der Waals surface area (Å²) >= 11 is 1.97. The van der Waals surface area contributed by atoms with Gasteiger partial charge in [-0.25, -0.2) is 0 Å². The van der Waals surface area contributed by atoms with Gasteiger partial charge in [0.25, 0.3) is 0 Å². The molecular formula is C16H29N3OS. The molecular weight excluding hydrogens is 282 g/mol.